The van der Waals surface area contributed by atoms with Gasteiger partial charge in [0, 0.05) is 6.04 Å². The molecule has 0 radical (unpaired) electrons. The second-order valence-corrected chi connectivity index (χ2v) is 5.44. The van der Waals surface area contributed by atoms with Crippen LogP contribution in [0.2, 0.25) is 0 Å². The molecule has 0 heterocycles. The Balaban J connectivity index is 2.31. The van der Waals surface area contributed by atoms with Crippen LogP contribution < -0.4 is 16.0 Å². The van der Waals surface area contributed by atoms with Gasteiger partial charge < -0.3 is 4.74 Å². The summed E-state index contributed by atoms with van der Waals surface area (Å²) < 4.78 is 5.39. The van der Waals surface area contributed by atoms with E-state index in [0.717, 1.165) is 18.6 Å². The molecule has 1 aromatic carbocycles. The first kappa shape index (κ1) is 17.0. The summed E-state index contributed by atoms with van der Waals surface area (Å²) in [6, 6.07) is 8.51. The van der Waals surface area contributed by atoms with E-state index in [2.05, 4.69) is 24.5 Å². The van der Waals surface area contributed by atoms with Crippen molar-refractivity contribution in [1.82, 2.24) is 5.43 Å². The molecular formula is C17H30N2O. The van der Waals surface area contributed by atoms with Crippen LogP contribution in [0.5, 0.6) is 5.75 Å². The van der Waals surface area contributed by atoms with Crippen molar-refractivity contribution in [2.75, 3.05) is 7.11 Å². The third-order valence-electron chi connectivity index (χ3n) is 3.80. The maximum Gasteiger partial charge on any atom is 0.122 e. The number of nitrogens with one attached hydrogen (secondary N) is 1. The summed E-state index contributed by atoms with van der Waals surface area (Å²) >= 11 is 0. The lowest BCUT2D eigenvalue weighted by molar-refractivity contribution is 0.400. The predicted molar refractivity (Wildman–Crippen MR) is 85.8 cm³/mol. The van der Waals surface area contributed by atoms with Gasteiger partial charge in [-0.05, 0) is 24.5 Å². The van der Waals surface area contributed by atoms with E-state index in [9.17, 15) is 0 Å². The molecule has 114 valence electrons. The average molecular weight is 278 g/mol. The maximum atomic E-state index is 5.68. The zero-order valence-electron chi connectivity index (χ0n) is 13.0. The Morgan fingerprint density at radius 3 is 2.50 bits per heavy atom. The lowest BCUT2D eigenvalue weighted by Crippen LogP contribution is -2.36. The van der Waals surface area contributed by atoms with E-state index < -0.39 is 0 Å². The zero-order valence-corrected chi connectivity index (χ0v) is 13.0. The first-order valence-corrected chi connectivity index (χ1v) is 7.89. The fourth-order valence-corrected chi connectivity index (χ4v) is 2.55. The van der Waals surface area contributed by atoms with Gasteiger partial charge in [0.25, 0.3) is 0 Å². The third kappa shape index (κ3) is 6.40. The second kappa shape index (κ2) is 10.7. The number of hydrazine groups is 1. The van der Waals surface area contributed by atoms with Crippen molar-refractivity contribution in [3.05, 3.63) is 29.8 Å². The molecule has 20 heavy (non-hydrogen) atoms. The lowest BCUT2D eigenvalue weighted by Gasteiger charge is -2.17. The lowest BCUT2D eigenvalue weighted by atomic mass is 9.99. The molecule has 0 saturated carbocycles. The Bertz CT molecular complexity index is 355. The Morgan fingerprint density at radius 1 is 1.10 bits per heavy atom. The van der Waals surface area contributed by atoms with Gasteiger partial charge in [-0.25, -0.2) is 0 Å². The normalized spacial score (nSPS) is 12.3. The highest BCUT2D eigenvalue weighted by Crippen LogP contribution is 2.20. The summed E-state index contributed by atoms with van der Waals surface area (Å²) in [5, 5.41) is 0. The molecule has 0 aromatic heterocycles. The highest BCUT2D eigenvalue weighted by molar-refractivity contribution is 5.33. The number of ether oxygens (including phenoxy) is 1. The SMILES string of the molecule is CCCCCCCCC(Cc1ccccc1OC)NN. The highest BCUT2D eigenvalue weighted by atomic mass is 16.5. The van der Waals surface area contributed by atoms with E-state index in [1.807, 2.05) is 12.1 Å². The Labute approximate surface area is 123 Å². The average Bonchev–Trinajstić information content (AvgIpc) is 2.50. The minimum Gasteiger partial charge on any atom is -0.496 e. The van der Waals surface area contributed by atoms with Gasteiger partial charge >= 0.3 is 0 Å². The fourth-order valence-electron chi connectivity index (χ4n) is 2.55. The van der Waals surface area contributed by atoms with E-state index in [0.29, 0.717) is 6.04 Å². The van der Waals surface area contributed by atoms with Crippen molar-refractivity contribution in [3.63, 3.8) is 0 Å². The largest absolute Gasteiger partial charge is 0.496 e. The van der Waals surface area contributed by atoms with Crippen molar-refractivity contribution < 1.29 is 4.74 Å². The topological polar surface area (TPSA) is 47.3 Å². The van der Waals surface area contributed by atoms with Crippen LogP contribution in [0, 0.1) is 0 Å². The quantitative estimate of drug-likeness (QED) is 0.367. The molecule has 0 aliphatic heterocycles. The van der Waals surface area contributed by atoms with E-state index in [1.165, 1.54) is 44.1 Å². The first-order chi connectivity index (χ1) is 9.81. The van der Waals surface area contributed by atoms with Gasteiger partial charge in [-0.2, -0.15) is 0 Å². The molecule has 3 heteroatoms. The van der Waals surface area contributed by atoms with Crippen LogP contribution in [-0.4, -0.2) is 13.2 Å². The molecule has 1 aromatic rings. The number of para-hydroxylation sites is 1. The fraction of sp³-hybridized carbons (Fsp3) is 0.647. The smallest absolute Gasteiger partial charge is 0.122 e. The molecule has 0 aliphatic rings. The number of hydrogen-bond donors (Lipinski definition) is 2. The Morgan fingerprint density at radius 2 is 1.80 bits per heavy atom. The zero-order chi connectivity index (χ0) is 14.6. The van der Waals surface area contributed by atoms with Gasteiger partial charge in [-0.1, -0.05) is 63.6 Å². The van der Waals surface area contributed by atoms with Crippen molar-refractivity contribution in [1.29, 1.82) is 0 Å². The molecule has 0 bridgehead atoms. The van der Waals surface area contributed by atoms with Crippen molar-refractivity contribution >= 4 is 0 Å². The van der Waals surface area contributed by atoms with Crippen LogP contribution in [0.15, 0.2) is 24.3 Å². The van der Waals surface area contributed by atoms with Crippen LogP contribution in [0.25, 0.3) is 0 Å². The van der Waals surface area contributed by atoms with Crippen molar-refractivity contribution in [3.8, 4) is 5.75 Å². The van der Waals surface area contributed by atoms with Gasteiger partial charge in [0.05, 0.1) is 7.11 Å². The Hall–Kier alpha value is -1.06. The second-order valence-electron chi connectivity index (χ2n) is 5.44. The molecule has 1 rings (SSSR count). The van der Waals surface area contributed by atoms with Gasteiger partial charge in [0.15, 0.2) is 0 Å². The van der Waals surface area contributed by atoms with Crippen molar-refractivity contribution in [2.24, 2.45) is 5.84 Å². The number of benzene rings is 1. The number of unbranched alkanes of at least 4 members (excludes halogenated alkanes) is 5. The molecule has 0 amide bonds. The van der Waals surface area contributed by atoms with Gasteiger partial charge in [-0.3, -0.25) is 11.3 Å². The Kier molecular flexibility index (Phi) is 9.09. The summed E-state index contributed by atoms with van der Waals surface area (Å²) in [6.45, 7) is 2.25. The molecule has 0 aliphatic carbocycles. The number of methoxy groups -OCH3 is 1. The summed E-state index contributed by atoms with van der Waals surface area (Å²) in [5.41, 5.74) is 4.17. The minimum absolute atomic E-state index is 0.331. The molecular weight excluding hydrogens is 248 g/mol. The number of nitrogens with two attached hydrogens (primary N) is 1. The van der Waals surface area contributed by atoms with Crippen LogP contribution in [0.3, 0.4) is 0 Å². The molecule has 1 unspecified atom stereocenters. The first-order valence-electron chi connectivity index (χ1n) is 7.89. The molecule has 3 N–H and O–H groups in total. The minimum atomic E-state index is 0.331. The molecule has 1 atom stereocenters. The van der Waals surface area contributed by atoms with Crippen LogP contribution in [-0.2, 0) is 6.42 Å². The molecule has 3 nitrogen and oxygen atoms in total. The summed E-state index contributed by atoms with van der Waals surface area (Å²) in [6.07, 6.45) is 9.98. The van der Waals surface area contributed by atoms with Gasteiger partial charge in [-0.15, -0.1) is 0 Å². The van der Waals surface area contributed by atoms with E-state index in [4.69, 9.17) is 10.6 Å². The third-order valence-corrected chi connectivity index (χ3v) is 3.80. The van der Waals surface area contributed by atoms with E-state index >= 15 is 0 Å². The maximum absolute atomic E-state index is 5.68. The van der Waals surface area contributed by atoms with Crippen LogP contribution in [0.4, 0.5) is 0 Å². The monoisotopic (exact) mass is 278 g/mol. The van der Waals surface area contributed by atoms with Gasteiger partial charge in [0.2, 0.25) is 0 Å². The molecule has 0 saturated heterocycles. The summed E-state index contributed by atoms with van der Waals surface area (Å²) in [4.78, 5) is 0. The van der Waals surface area contributed by atoms with E-state index in [-0.39, 0.29) is 0 Å². The predicted octanol–water partition coefficient (Wildman–Crippen LogP) is 3.82. The summed E-state index contributed by atoms with van der Waals surface area (Å²) in [5.74, 6) is 6.64. The number of hydrogen-bond acceptors (Lipinski definition) is 3. The van der Waals surface area contributed by atoms with E-state index in [1.54, 1.807) is 7.11 Å². The standard InChI is InChI=1S/C17H30N2O/c1-3-4-5-6-7-8-12-16(19-18)14-15-11-9-10-13-17(15)20-2/h9-11,13,16,19H,3-8,12,14,18H2,1-2H3. The molecule has 0 fully saturated rings. The number of rotatable bonds is 11. The molecule has 0 spiro atoms. The van der Waals surface area contributed by atoms with Crippen molar-refractivity contribution in [2.45, 2.75) is 64.3 Å². The van der Waals surface area contributed by atoms with Gasteiger partial charge in [0.1, 0.15) is 5.75 Å². The summed E-state index contributed by atoms with van der Waals surface area (Å²) in [7, 11) is 1.72. The van der Waals surface area contributed by atoms with Crippen LogP contribution in [0.1, 0.15) is 57.4 Å². The highest BCUT2D eigenvalue weighted by Gasteiger charge is 2.10. The van der Waals surface area contributed by atoms with Crippen LogP contribution >= 0.6 is 0 Å².